The highest BCUT2D eigenvalue weighted by Crippen LogP contribution is 2.70. The van der Waals surface area contributed by atoms with Gasteiger partial charge in [-0.2, -0.15) is 0 Å². The Morgan fingerprint density at radius 1 is 1.05 bits per heavy atom. The zero-order valence-corrected chi connectivity index (χ0v) is 24.6. The molecule has 2 fully saturated rings. The van der Waals surface area contributed by atoms with Gasteiger partial charge in [0.05, 0.1) is 24.2 Å². The molecule has 1 heterocycles. The summed E-state index contributed by atoms with van der Waals surface area (Å²) in [5.41, 5.74) is -1.92. The van der Waals surface area contributed by atoms with Crippen LogP contribution in [0.4, 0.5) is 0 Å². The number of ether oxygens (including phenoxy) is 2. The maximum Gasteiger partial charge on any atom is 0.319 e. The summed E-state index contributed by atoms with van der Waals surface area (Å²) in [5.74, 6) is -2.32. The lowest BCUT2D eigenvalue weighted by Gasteiger charge is -2.60. The second-order valence-corrected chi connectivity index (χ2v) is 13.3. The van der Waals surface area contributed by atoms with Gasteiger partial charge >= 0.3 is 5.97 Å². The first kappa shape index (κ1) is 29.3. The second kappa shape index (κ2) is 9.52. The van der Waals surface area contributed by atoms with Crippen LogP contribution >= 0.6 is 0 Å². The maximum absolute atomic E-state index is 15.0. The molecule has 37 heavy (non-hydrogen) atoms. The molecule has 6 heteroatoms. The highest BCUT2D eigenvalue weighted by molar-refractivity contribution is 6.10. The Kier molecular flexibility index (Phi) is 7.55. The van der Waals surface area contributed by atoms with Crippen LogP contribution in [-0.2, 0) is 23.9 Å². The van der Waals surface area contributed by atoms with Crippen molar-refractivity contribution in [3.05, 3.63) is 34.6 Å². The number of epoxide rings is 1. The first-order chi connectivity index (χ1) is 16.9. The fourth-order valence-electron chi connectivity index (χ4n) is 6.89. The predicted octanol–water partition coefficient (Wildman–Crippen LogP) is 6.30. The van der Waals surface area contributed by atoms with E-state index in [4.69, 9.17) is 9.47 Å². The molecule has 3 aliphatic rings. The van der Waals surface area contributed by atoms with E-state index in [-0.39, 0.29) is 54.5 Å². The van der Waals surface area contributed by atoms with E-state index >= 15 is 0 Å². The Morgan fingerprint density at radius 3 is 2.00 bits per heavy atom. The summed E-state index contributed by atoms with van der Waals surface area (Å²) in [6.07, 6.45) is 4.17. The monoisotopic (exact) mass is 514 g/mol. The largest absolute Gasteiger partial charge is 0.511 e. The van der Waals surface area contributed by atoms with Crippen molar-refractivity contribution in [2.75, 3.05) is 7.11 Å². The minimum atomic E-state index is -1.47. The van der Waals surface area contributed by atoms with E-state index in [0.717, 1.165) is 11.1 Å². The Bertz CT molecular complexity index is 1080. The summed E-state index contributed by atoms with van der Waals surface area (Å²) >= 11 is 0. The van der Waals surface area contributed by atoms with Crippen molar-refractivity contribution in [1.29, 1.82) is 0 Å². The van der Waals surface area contributed by atoms with Gasteiger partial charge in [0.15, 0.2) is 11.6 Å². The average molecular weight is 515 g/mol. The zero-order chi connectivity index (χ0) is 28.3. The molecule has 2 aliphatic carbocycles. The number of methoxy groups -OCH3 is 1. The molecule has 1 N–H and O–H groups in total. The molecular formula is C31H46O6. The molecule has 0 aromatic heterocycles. The Morgan fingerprint density at radius 2 is 1.57 bits per heavy atom. The third kappa shape index (κ3) is 4.43. The number of carbonyl (C=O) groups excluding carboxylic acids is 3. The van der Waals surface area contributed by atoms with Gasteiger partial charge in [-0.25, -0.2) is 0 Å². The van der Waals surface area contributed by atoms with Crippen molar-refractivity contribution in [2.45, 2.75) is 100 Å². The van der Waals surface area contributed by atoms with Gasteiger partial charge < -0.3 is 14.6 Å². The number of esters is 1. The highest BCUT2D eigenvalue weighted by Gasteiger charge is 2.76. The number of allylic oxidation sites excluding steroid dienone is 6. The van der Waals surface area contributed by atoms with Gasteiger partial charge in [0, 0.05) is 17.4 Å². The van der Waals surface area contributed by atoms with Gasteiger partial charge in [0.25, 0.3) is 0 Å². The predicted molar refractivity (Wildman–Crippen MR) is 144 cm³/mol. The lowest BCUT2D eigenvalue weighted by Crippen LogP contribution is -2.66. The summed E-state index contributed by atoms with van der Waals surface area (Å²) in [6.45, 7) is 19.3. The van der Waals surface area contributed by atoms with Gasteiger partial charge in [-0.3, -0.25) is 14.4 Å². The molecule has 0 spiro atoms. The fraction of sp³-hybridized carbons (Fsp3) is 0.710. The van der Waals surface area contributed by atoms with E-state index < -0.39 is 33.7 Å². The summed E-state index contributed by atoms with van der Waals surface area (Å²) in [6, 6.07) is 0. The number of hydrogen-bond acceptors (Lipinski definition) is 6. The lowest BCUT2D eigenvalue weighted by molar-refractivity contribution is -0.178. The summed E-state index contributed by atoms with van der Waals surface area (Å²) in [7, 11) is 1.31. The third-order valence-corrected chi connectivity index (χ3v) is 9.06. The fourth-order valence-corrected chi connectivity index (χ4v) is 6.89. The Balaban J connectivity index is 2.48. The molecule has 1 saturated heterocycles. The van der Waals surface area contributed by atoms with Crippen molar-refractivity contribution in [2.24, 2.45) is 34.0 Å². The van der Waals surface area contributed by atoms with Gasteiger partial charge in [0.1, 0.15) is 11.2 Å². The van der Waals surface area contributed by atoms with Crippen LogP contribution in [0.15, 0.2) is 34.6 Å². The Hall–Kier alpha value is -2.21. The molecule has 0 aromatic carbocycles. The molecule has 1 saturated carbocycles. The van der Waals surface area contributed by atoms with E-state index in [2.05, 4.69) is 0 Å². The van der Waals surface area contributed by atoms with Crippen LogP contribution < -0.4 is 0 Å². The van der Waals surface area contributed by atoms with Crippen molar-refractivity contribution >= 4 is 17.5 Å². The number of carbonyl (C=O) groups is 3. The van der Waals surface area contributed by atoms with Crippen LogP contribution in [0, 0.1) is 34.0 Å². The number of ketones is 2. The van der Waals surface area contributed by atoms with Crippen LogP contribution in [0.5, 0.6) is 0 Å². The summed E-state index contributed by atoms with van der Waals surface area (Å²) in [5, 5.41) is 12.2. The quantitative estimate of drug-likeness (QED) is 0.177. The number of aliphatic hydroxyl groups is 1. The van der Waals surface area contributed by atoms with Crippen LogP contribution in [-0.4, -0.2) is 41.5 Å². The number of aliphatic hydroxyl groups excluding tert-OH is 1. The second-order valence-electron chi connectivity index (χ2n) is 13.3. The number of Topliss-reactive ketones (excluding diaryl/α,β-unsaturated/α-hetero) is 2. The highest BCUT2D eigenvalue weighted by atomic mass is 16.6. The van der Waals surface area contributed by atoms with Crippen LogP contribution in [0.25, 0.3) is 0 Å². The number of hydrogen-bond donors (Lipinski definition) is 1. The maximum atomic E-state index is 15.0. The molecule has 1 aliphatic heterocycles. The zero-order valence-electron chi connectivity index (χ0n) is 24.6. The van der Waals surface area contributed by atoms with Crippen LogP contribution in [0.2, 0.25) is 0 Å². The molecule has 2 bridgehead atoms. The number of rotatable bonds is 8. The van der Waals surface area contributed by atoms with Crippen molar-refractivity contribution in [3.63, 3.8) is 0 Å². The van der Waals surface area contributed by atoms with Crippen molar-refractivity contribution < 1.29 is 29.0 Å². The van der Waals surface area contributed by atoms with E-state index in [9.17, 15) is 19.5 Å². The standard InChI is InChI=1S/C31H46O6/c1-17(2)12-14-30(27(35)36-11)16-20-21(25-29(9,10)37-25)31(26(30)34,15-13-18(3)4)24(33)22(28(20,7)8)23(32)19(5)6/h12-13,19-21,25,33H,14-16H2,1-11H3/t20-,21-,25-,30+,31+/m1/s1. The molecule has 6 nitrogen and oxygen atoms in total. The molecule has 0 radical (unpaired) electrons. The van der Waals surface area contributed by atoms with Crippen molar-refractivity contribution in [1.82, 2.24) is 0 Å². The van der Waals surface area contributed by atoms with E-state index in [0.29, 0.717) is 5.57 Å². The smallest absolute Gasteiger partial charge is 0.319 e. The third-order valence-electron chi connectivity index (χ3n) is 9.06. The molecule has 3 rings (SSSR count). The van der Waals surface area contributed by atoms with Crippen LogP contribution in [0.3, 0.4) is 0 Å². The first-order valence-electron chi connectivity index (χ1n) is 13.5. The number of fused-ring (bicyclic) bond motifs is 2. The first-order valence-corrected chi connectivity index (χ1v) is 13.5. The molecule has 5 atom stereocenters. The molecule has 0 amide bonds. The summed E-state index contributed by atoms with van der Waals surface area (Å²) in [4.78, 5) is 42.2. The average Bonchev–Trinajstić information content (AvgIpc) is 3.42. The lowest BCUT2D eigenvalue weighted by atomic mass is 9.40. The molecule has 0 unspecified atom stereocenters. The van der Waals surface area contributed by atoms with Gasteiger partial charge in [0.2, 0.25) is 0 Å². The van der Waals surface area contributed by atoms with Crippen molar-refractivity contribution in [3.8, 4) is 0 Å². The topological polar surface area (TPSA) is 93.2 Å². The normalized spacial score (nSPS) is 33.6. The van der Waals surface area contributed by atoms with Gasteiger partial charge in [-0.15, -0.1) is 0 Å². The molecular weight excluding hydrogens is 468 g/mol. The van der Waals surface area contributed by atoms with E-state index in [1.165, 1.54) is 7.11 Å². The van der Waals surface area contributed by atoms with E-state index in [1.807, 2.05) is 81.4 Å². The molecule has 206 valence electrons. The van der Waals surface area contributed by atoms with Gasteiger partial charge in [-0.1, -0.05) is 51.0 Å². The minimum absolute atomic E-state index is 0.161. The molecule has 0 aromatic rings. The van der Waals surface area contributed by atoms with E-state index in [1.54, 1.807) is 0 Å². The summed E-state index contributed by atoms with van der Waals surface area (Å²) < 4.78 is 11.5. The van der Waals surface area contributed by atoms with Crippen LogP contribution in [0.1, 0.15) is 88.5 Å². The van der Waals surface area contributed by atoms with Gasteiger partial charge in [-0.05, 0) is 72.1 Å². The Labute approximate surface area is 222 Å². The SMILES string of the molecule is COC(=O)[C@@]1(CC=C(C)C)C[C@@H]2[C@H]([C@H]3OC3(C)C)[C@](CC=C(C)C)(C1=O)C(O)=C(C(=O)C(C)C)C2(C)C. The minimum Gasteiger partial charge on any atom is -0.511 e.